The van der Waals surface area contributed by atoms with Crippen LogP contribution in [0.4, 0.5) is 10.5 Å². The van der Waals surface area contributed by atoms with Gasteiger partial charge in [0.15, 0.2) is 0 Å². The van der Waals surface area contributed by atoms with Gasteiger partial charge in [0.25, 0.3) is 0 Å². The number of carbonyl (C=O) groups is 1. The highest BCUT2D eigenvalue weighted by molar-refractivity contribution is 6.07. The Hall–Kier alpha value is -2.79. The molecule has 25 heavy (non-hydrogen) atoms. The second-order valence-corrected chi connectivity index (χ2v) is 6.01. The number of carbonyl (C=O) groups excluding carboxylic acids is 1. The number of amides is 2. The molecule has 5 nitrogen and oxygen atoms in total. The van der Waals surface area contributed by atoms with E-state index >= 15 is 0 Å². The lowest BCUT2D eigenvalue weighted by atomic mass is 10.1. The molecule has 0 aliphatic rings. The van der Waals surface area contributed by atoms with Crippen molar-refractivity contribution in [2.24, 2.45) is 0 Å². The van der Waals surface area contributed by atoms with Crippen LogP contribution in [0.5, 0.6) is 0 Å². The molecular formula is C20H23N3O2. The summed E-state index contributed by atoms with van der Waals surface area (Å²) in [6.07, 6.45) is 0.780. The van der Waals surface area contributed by atoms with Gasteiger partial charge in [-0.2, -0.15) is 0 Å². The molecule has 130 valence electrons. The third-order valence-corrected chi connectivity index (χ3v) is 4.10. The summed E-state index contributed by atoms with van der Waals surface area (Å²) in [4.78, 5) is 15.7. The second kappa shape index (κ2) is 7.85. The van der Waals surface area contributed by atoms with E-state index in [0.717, 1.165) is 34.3 Å². The van der Waals surface area contributed by atoms with E-state index in [9.17, 15) is 4.79 Å². The zero-order valence-electron chi connectivity index (χ0n) is 14.6. The molecule has 0 spiro atoms. The Bertz CT molecular complexity index is 853. The molecule has 3 aromatic rings. The van der Waals surface area contributed by atoms with Gasteiger partial charge in [-0.15, -0.1) is 0 Å². The quantitative estimate of drug-likeness (QED) is 0.587. The summed E-state index contributed by atoms with van der Waals surface area (Å²) in [5, 5.41) is 6.86. The number of methoxy groups -OCH3 is 1. The average molecular weight is 337 g/mol. The lowest BCUT2D eigenvalue weighted by molar-refractivity contribution is 0.194. The average Bonchev–Trinajstić information content (AvgIpc) is 2.98. The Morgan fingerprint density at radius 3 is 2.64 bits per heavy atom. The van der Waals surface area contributed by atoms with Crippen molar-refractivity contribution < 1.29 is 9.53 Å². The van der Waals surface area contributed by atoms with Crippen LogP contribution >= 0.6 is 0 Å². The maximum atomic E-state index is 12.3. The van der Waals surface area contributed by atoms with E-state index in [1.165, 1.54) is 5.56 Å². The van der Waals surface area contributed by atoms with E-state index in [2.05, 4.69) is 46.8 Å². The molecule has 0 radical (unpaired) electrons. The van der Waals surface area contributed by atoms with Crippen LogP contribution in [0.1, 0.15) is 12.0 Å². The first-order valence-electron chi connectivity index (χ1n) is 8.40. The number of para-hydroxylation sites is 1. The van der Waals surface area contributed by atoms with E-state index < -0.39 is 0 Å². The maximum absolute atomic E-state index is 12.3. The molecule has 2 amide bonds. The van der Waals surface area contributed by atoms with Crippen molar-refractivity contribution >= 4 is 22.6 Å². The summed E-state index contributed by atoms with van der Waals surface area (Å²) in [6.45, 7) is 3.26. The molecule has 0 aliphatic carbocycles. The van der Waals surface area contributed by atoms with E-state index in [1.807, 2.05) is 24.3 Å². The van der Waals surface area contributed by atoms with Crippen molar-refractivity contribution in [1.29, 1.82) is 0 Å². The standard InChI is InChI=1S/C20H23N3O2/c1-14-8-10-15(11-9-14)18-19(16-6-3-4-7-17(16)22-18)23-20(24)21-12-5-13-25-2/h3-4,6-11,22H,5,12-13H2,1-2H3,(H2,21,23,24). The number of urea groups is 1. The van der Waals surface area contributed by atoms with Gasteiger partial charge >= 0.3 is 6.03 Å². The predicted molar refractivity (Wildman–Crippen MR) is 102 cm³/mol. The molecule has 0 fully saturated rings. The Labute approximate surface area is 147 Å². The van der Waals surface area contributed by atoms with Crippen molar-refractivity contribution in [2.45, 2.75) is 13.3 Å². The van der Waals surface area contributed by atoms with Crippen molar-refractivity contribution in [3.8, 4) is 11.3 Å². The fourth-order valence-electron chi connectivity index (χ4n) is 2.78. The molecule has 0 atom stereocenters. The van der Waals surface area contributed by atoms with Gasteiger partial charge in [0.05, 0.1) is 11.4 Å². The maximum Gasteiger partial charge on any atom is 0.319 e. The van der Waals surface area contributed by atoms with E-state index in [-0.39, 0.29) is 6.03 Å². The van der Waals surface area contributed by atoms with Gasteiger partial charge in [-0.1, -0.05) is 48.0 Å². The zero-order valence-corrected chi connectivity index (χ0v) is 14.6. The molecule has 1 aromatic heterocycles. The first-order chi connectivity index (χ1) is 12.2. The van der Waals surface area contributed by atoms with Crippen LogP contribution in [0.3, 0.4) is 0 Å². The van der Waals surface area contributed by atoms with Gasteiger partial charge in [0, 0.05) is 36.7 Å². The minimum atomic E-state index is -0.214. The molecule has 3 N–H and O–H groups in total. The highest BCUT2D eigenvalue weighted by atomic mass is 16.5. The molecule has 0 saturated carbocycles. The van der Waals surface area contributed by atoms with Gasteiger partial charge in [-0.25, -0.2) is 4.79 Å². The van der Waals surface area contributed by atoms with Crippen LogP contribution in [0.15, 0.2) is 48.5 Å². The van der Waals surface area contributed by atoms with Crippen LogP contribution in [0, 0.1) is 6.92 Å². The fourth-order valence-corrected chi connectivity index (χ4v) is 2.78. The largest absolute Gasteiger partial charge is 0.385 e. The third-order valence-electron chi connectivity index (χ3n) is 4.10. The number of H-pyrrole nitrogens is 1. The van der Waals surface area contributed by atoms with Crippen molar-refractivity contribution in [2.75, 3.05) is 25.6 Å². The zero-order chi connectivity index (χ0) is 17.6. The Morgan fingerprint density at radius 1 is 1.12 bits per heavy atom. The number of fused-ring (bicyclic) bond motifs is 1. The van der Waals surface area contributed by atoms with Gasteiger partial charge in [-0.05, 0) is 19.4 Å². The Morgan fingerprint density at radius 2 is 1.88 bits per heavy atom. The van der Waals surface area contributed by atoms with Crippen LogP contribution in [-0.2, 0) is 4.74 Å². The summed E-state index contributed by atoms with van der Waals surface area (Å²) in [5.41, 5.74) is 4.94. The number of aryl methyl sites for hydroxylation is 1. The number of aromatic amines is 1. The van der Waals surface area contributed by atoms with Crippen molar-refractivity contribution in [3.05, 3.63) is 54.1 Å². The molecule has 0 unspecified atom stereocenters. The Balaban J connectivity index is 1.88. The molecule has 0 bridgehead atoms. The summed E-state index contributed by atoms with van der Waals surface area (Å²) >= 11 is 0. The molecular weight excluding hydrogens is 314 g/mol. The fraction of sp³-hybridized carbons (Fsp3) is 0.250. The van der Waals surface area contributed by atoms with Crippen LogP contribution in [-0.4, -0.2) is 31.3 Å². The van der Waals surface area contributed by atoms with E-state index in [4.69, 9.17) is 4.74 Å². The van der Waals surface area contributed by atoms with Crippen molar-refractivity contribution in [3.63, 3.8) is 0 Å². The monoisotopic (exact) mass is 337 g/mol. The van der Waals surface area contributed by atoms with E-state index in [0.29, 0.717) is 13.2 Å². The normalized spacial score (nSPS) is 10.8. The van der Waals surface area contributed by atoms with Gasteiger partial charge < -0.3 is 20.4 Å². The lowest BCUT2D eigenvalue weighted by Gasteiger charge is -2.09. The first-order valence-corrected chi connectivity index (χ1v) is 8.40. The number of hydrogen-bond acceptors (Lipinski definition) is 2. The molecule has 0 saturated heterocycles. The summed E-state index contributed by atoms with van der Waals surface area (Å²) in [5.74, 6) is 0. The molecule has 1 heterocycles. The summed E-state index contributed by atoms with van der Waals surface area (Å²) in [7, 11) is 1.65. The van der Waals surface area contributed by atoms with Gasteiger partial charge in [0.2, 0.25) is 0 Å². The minimum absolute atomic E-state index is 0.214. The van der Waals surface area contributed by atoms with E-state index in [1.54, 1.807) is 7.11 Å². The minimum Gasteiger partial charge on any atom is -0.385 e. The van der Waals surface area contributed by atoms with Crippen LogP contribution < -0.4 is 10.6 Å². The predicted octanol–water partition coefficient (Wildman–Crippen LogP) is 4.30. The number of ether oxygens (including phenoxy) is 1. The van der Waals surface area contributed by atoms with Gasteiger partial charge in [0.1, 0.15) is 0 Å². The SMILES string of the molecule is COCCCNC(=O)Nc1c(-c2ccc(C)cc2)[nH]c2ccccc12. The smallest absolute Gasteiger partial charge is 0.319 e. The third kappa shape index (κ3) is 4.00. The number of hydrogen-bond donors (Lipinski definition) is 3. The highest BCUT2D eigenvalue weighted by Crippen LogP contribution is 2.34. The van der Waals surface area contributed by atoms with Crippen LogP contribution in [0.2, 0.25) is 0 Å². The summed E-state index contributed by atoms with van der Waals surface area (Å²) < 4.78 is 5.00. The molecule has 5 heteroatoms. The number of anilines is 1. The van der Waals surface area contributed by atoms with Gasteiger partial charge in [-0.3, -0.25) is 0 Å². The number of benzene rings is 2. The number of nitrogens with one attached hydrogen (secondary N) is 3. The topological polar surface area (TPSA) is 66.2 Å². The molecule has 3 rings (SSSR count). The molecule has 0 aliphatic heterocycles. The Kier molecular flexibility index (Phi) is 5.36. The lowest BCUT2D eigenvalue weighted by Crippen LogP contribution is -2.30. The summed E-state index contributed by atoms with van der Waals surface area (Å²) in [6, 6.07) is 16.0. The highest BCUT2D eigenvalue weighted by Gasteiger charge is 2.15. The number of rotatable bonds is 6. The van der Waals surface area contributed by atoms with Crippen molar-refractivity contribution in [1.82, 2.24) is 10.3 Å². The number of aromatic nitrogens is 1. The molecule has 2 aromatic carbocycles. The van der Waals surface area contributed by atoms with Crippen LogP contribution in [0.25, 0.3) is 22.2 Å². The first kappa shape index (κ1) is 17.0. The second-order valence-electron chi connectivity index (χ2n) is 6.01.